The molecule has 1 aliphatic heterocycles. The summed E-state index contributed by atoms with van der Waals surface area (Å²) in [6, 6.07) is 8.75. The smallest absolute Gasteiger partial charge is 0.226 e. The molecule has 1 saturated heterocycles. The molecule has 2 amide bonds. The lowest BCUT2D eigenvalue weighted by Crippen LogP contribution is -2.63. The number of aliphatic hydroxyl groups is 1. The second-order valence-electron chi connectivity index (χ2n) is 7.19. The highest BCUT2D eigenvalue weighted by molar-refractivity contribution is 5.80. The second kappa shape index (κ2) is 8.00. The van der Waals surface area contributed by atoms with Crippen LogP contribution in [0.15, 0.2) is 30.3 Å². The molecule has 2 N–H and O–H groups in total. The molecule has 1 aliphatic rings. The monoisotopic (exact) mass is 346 g/mol. The molecule has 0 radical (unpaired) electrons. The third kappa shape index (κ3) is 4.21. The number of likely N-dealkylation sites (tertiary alicyclic amines) is 1. The fourth-order valence-corrected chi connectivity index (χ4v) is 3.76. The number of nitrogens with one attached hydrogen (secondary N) is 1. The topological polar surface area (TPSA) is 69.6 Å². The van der Waals surface area contributed by atoms with Crippen molar-refractivity contribution in [2.45, 2.75) is 64.6 Å². The Balaban J connectivity index is 2.47. The van der Waals surface area contributed by atoms with Gasteiger partial charge in [0.1, 0.15) is 0 Å². The lowest BCUT2D eigenvalue weighted by Gasteiger charge is -2.49. The summed E-state index contributed by atoms with van der Waals surface area (Å²) in [7, 11) is 0. The number of carbonyl (C=O) groups is 2. The molecule has 2 rings (SSSR count). The summed E-state index contributed by atoms with van der Waals surface area (Å²) < 4.78 is 0. The SMILES string of the molecule is CCC(CC)C(=O)N1CCC(C)(O)C(NC(C)=O)C1c1ccccc1. The van der Waals surface area contributed by atoms with Crippen molar-refractivity contribution in [1.29, 1.82) is 0 Å². The number of hydrogen-bond donors (Lipinski definition) is 2. The number of carbonyl (C=O) groups excluding carboxylic acids is 2. The first kappa shape index (κ1) is 19.4. The number of nitrogens with zero attached hydrogens (tertiary/aromatic N) is 1. The van der Waals surface area contributed by atoms with Crippen molar-refractivity contribution < 1.29 is 14.7 Å². The van der Waals surface area contributed by atoms with Gasteiger partial charge in [0, 0.05) is 19.4 Å². The largest absolute Gasteiger partial charge is 0.388 e. The Morgan fingerprint density at radius 3 is 2.40 bits per heavy atom. The average molecular weight is 346 g/mol. The molecule has 138 valence electrons. The molecule has 1 aromatic rings. The lowest BCUT2D eigenvalue weighted by molar-refractivity contribution is -0.149. The van der Waals surface area contributed by atoms with Gasteiger partial charge >= 0.3 is 0 Å². The predicted octanol–water partition coefficient (Wildman–Crippen LogP) is 2.65. The van der Waals surface area contributed by atoms with Gasteiger partial charge in [-0.25, -0.2) is 0 Å². The van der Waals surface area contributed by atoms with Gasteiger partial charge in [-0.05, 0) is 31.7 Å². The predicted molar refractivity (Wildman–Crippen MR) is 97.8 cm³/mol. The van der Waals surface area contributed by atoms with E-state index in [9.17, 15) is 14.7 Å². The van der Waals surface area contributed by atoms with Crippen LogP contribution in [-0.4, -0.2) is 40.0 Å². The molecule has 0 spiro atoms. The minimum absolute atomic E-state index is 0.0350. The fraction of sp³-hybridized carbons (Fsp3) is 0.600. The Labute approximate surface area is 150 Å². The van der Waals surface area contributed by atoms with Gasteiger partial charge < -0.3 is 15.3 Å². The van der Waals surface area contributed by atoms with Gasteiger partial charge in [-0.1, -0.05) is 44.2 Å². The van der Waals surface area contributed by atoms with E-state index in [0.717, 1.165) is 18.4 Å². The zero-order valence-corrected chi connectivity index (χ0v) is 15.7. The van der Waals surface area contributed by atoms with Crippen LogP contribution in [0.25, 0.3) is 0 Å². The molecular weight excluding hydrogens is 316 g/mol. The molecule has 3 unspecified atom stereocenters. The van der Waals surface area contributed by atoms with E-state index in [2.05, 4.69) is 5.32 Å². The molecule has 0 saturated carbocycles. The number of benzene rings is 1. The summed E-state index contributed by atoms with van der Waals surface area (Å²) in [6.45, 7) is 7.71. The van der Waals surface area contributed by atoms with Crippen molar-refractivity contribution >= 4 is 11.8 Å². The maximum absolute atomic E-state index is 13.1. The molecule has 0 aliphatic carbocycles. The van der Waals surface area contributed by atoms with Gasteiger partial charge in [-0.15, -0.1) is 0 Å². The highest BCUT2D eigenvalue weighted by Gasteiger charge is 2.47. The van der Waals surface area contributed by atoms with Gasteiger partial charge in [0.2, 0.25) is 11.8 Å². The molecule has 3 atom stereocenters. The van der Waals surface area contributed by atoms with Gasteiger partial charge in [-0.3, -0.25) is 9.59 Å². The van der Waals surface area contributed by atoms with E-state index in [4.69, 9.17) is 0 Å². The van der Waals surface area contributed by atoms with Crippen LogP contribution in [0.4, 0.5) is 0 Å². The van der Waals surface area contributed by atoms with Crippen LogP contribution in [0.5, 0.6) is 0 Å². The number of hydrogen-bond acceptors (Lipinski definition) is 3. The minimum atomic E-state index is -1.07. The molecule has 5 heteroatoms. The summed E-state index contributed by atoms with van der Waals surface area (Å²) >= 11 is 0. The van der Waals surface area contributed by atoms with E-state index in [1.807, 2.05) is 49.1 Å². The van der Waals surface area contributed by atoms with E-state index < -0.39 is 11.6 Å². The van der Waals surface area contributed by atoms with Crippen LogP contribution in [0.1, 0.15) is 58.6 Å². The summed E-state index contributed by atoms with van der Waals surface area (Å²) in [4.78, 5) is 26.7. The van der Waals surface area contributed by atoms with E-state index in [0.29, 0.717) is 13.0 Å². The highest BCUT2D eigenvalue weighted by atomic mass is 16.3. The first-order valence-corrected chi connectivity index (χ1v) is 9.16. The molecule has 1 heterocycles. The first-order chi connectivity index (χ1) is 11.8. The normalized spacial score (nSPS) is 26.6. The fourth-order valence-electron chi connectivity index (χ4n) is 3.76. The summed E-state index contributed by atoms with van der Waals surface area (Å²) in [5, 5.41) is 13.8. The van der Waals surface area contributed by atoms with E-state index in [1.54, 1.807) is 6.92 Å². The molecule has 1 fully saturated rings. The highest BCUT2D eigenvalue weighted by Crippen LogP contribution is 2.38. The van der Waals surface area contributed by atoms with Crippen LogP contribution in [-0.2, 0) is 9.59 Å². The maximum Gasteiger partial charge on any atom is 0.226 e. The zero-order valence-electron chi connectivity index (χ0n) is 15.7. The lowest BCUT2D eigenvalue weighted by atomic mass is 9.79. The second-order valence-corrected chi connectivity index (χ2v) is 7.19. The summed E-state index contributed by atoms with van der Waals surface area (Å²) in [5.41, 5.74) is -0.141. The summed E-state index contributed by atoms with van der Waals surface area (Å²) in [5.74, 6) is -0.139. The van der Waals surface area contributed by atoms with Crippen LogP contribution >= 0.6 is 0 Å². The molecule has 1 aromatic carbocycles. The van der Waals surface area contributed by atoms with E-state index in [-0.39, 0.29) is 23.8 Å². The van der Waals surface area contributed by atoms with Gasteiger partial charge in [0.15, 0.2) is 0 Å². The van der Waals surface area contributed by atoms with Crippen LogP contribution in [0, 0.1) is 5.92 Å². The van der Waals surface area contributed by atoms with Crippen molar-refractivity contribution in [3.05, 3.63) is 35.9 Å². The van der Waals surface area contributed by atoms with Crippen LogP contribution in [0.3, 0.4) is 0 Å². The summed E-state index contributed by atoms with van der Waals surface area (Å²) in [6.07, 6.45) is 2.01. The van der Waals surface area contributed by atoms with Gasteiger partial charge in [0.05, 0.1) is 17.7 Å². The van der Waals surface area contributed by atoms with Gasteiger partial charge in [-0.2, -0.15) is 0 Å². The molecule has 0 bridgehead atoms. The minimum Gasteiger partial charge on any atom is -0.388 e. The third-order valence-corrected chi connectivity index (χ3v) is 5.30. The Hall–Kier alpha value is -1.88. The first-order valence-electron chi connectivity index (χ1n) is 9.16. The molecule has 25 heavy (non-hydrogen) atoms. The Morgan fingerprint density at radius 2 is 1.88 bits per heavy atom. The quantitative estimate of drug-likeness (QED) is 0.861. The molecule has 0 aromatic heterocycles. The Morgan fingerprint density at radius 1 is 1.28 bits per heavy atom. The molecule has 5 nitrogen and oxygen atoms in total. The number of piperidine rings is 1. The zero-order chi connectivity index (χ0) is 18.6. The van der Waals surface area contributed by atoms with Crippen LogP contribution in [0.2, 0.25) is 0 Å². The number of amides is 2. The van der Waals surface area contributed by atoms with Crippen molar-refractivity contribution in [2.24, 2.45) is 5.92 Å². The standard InChI is InChI=1S/C20H30N2O3/c1-5-15(6-2)19(24)22-13-12-20(4,25)18(21-14(3)23)17(22)16-10-8-7-9-11-16/h7-11,15,17-18,25H,5-6,12-13H2,1-4H3,(H,21,23). The van der Waals surface area contributed by atoms with E-state index >= 15 is 0 Å². The van der Waals surface area contributed by atoms with E-state index in [1.165, 1.54) is 6.92 Å². The maximum atomic E-state index is 13.1. The van der Waals surface area contributed by atoms with Crippen molar-refractivity contribution in [2.75, 3.05) is 6.54 Å². The van der Waals surface area contributed by atoms with Crippen molar-refractivity contribution in [1.82, 2.24) is 10.2 Å². The molecular formula is C20H30N2O3. The third-order valence-electron chi connectivity index (χ3n) is 5.30. The Bertz CT molecular complexity index is 596. The van der Waals surface area contributed by atoms with Crippen LogP contribution < -0.4 is 5.32 Å². The number of rotatable bonds is 5. The van der Waals surface area contributed by atoms with Crippen molar-refractivity contribution in [3.63, 3.8) is 0 Å². The van der Waals surface area contributed by atoms with Gasteiger partial charge in [0.25, 0.3) is 0 Å². The van der Waals surface area contributed by atoms with Crippen molar-refractivity contribution in [3.8, 4) is 0 Å². The average Bonchev–Trinajstić information content (AvgIpc) is 2.57. The Kier molecular flexibility index (Phi) is 6.22.